The lowest BCUT2D eigenvalue weighted by molar-refractivity contribution is -0.367. The maximum absolute atomic E-state index is 4.00. The summed E-state index contributed by atoms with van der Waals surface area (Å²) >= 11 is 8.00. The van der Waals surface area contributed by atoms with Gasteiger partial charge >= 0.3 is 0 Å². The van der Waals surface area contributed by atoms with Crippen molar-refractivity contribution in [1.82, 2.24) is 0 Å². The summed E-state index contributed by atoms with van der Waals surface area (Å²) in [5, 5.41) is 0. The van der Waals surface area contributed by atoms with E-state index in [4.69, 9.17) is 0 Å². The van der Waals surface area contributed by atoms with Gasteiger partial charge in [0.1, 0.15) is 0 Å². The van der Waals surface area contributed by atoms with E-state index in [1.807, 2.05) is 0 Å². The minimum Gasteiger partial charge on any atom is -1.00 e. The molecule has 0 rings (SSSR count). The van der Waals surface area contributed by atoms with Gasteiger partial charge in [0.2, 0.25) is 0 Å². The molecular formula is C3H10ClNS2. The van der Waals surface area contributed by atoms with Crippen molar-refractivity contribution in [2.75, 3.05) is 6.54 Å². The van der Waals surface area contributed by atoms with Crippen LogP contribution in [0, 0.1) is 0 Å². The molecule has 0 saturated heterocycles. The summed E-state index contributed by atoms with van der Waals surface area (Å²) in [4.78, 5) is 0. The van der Waals surface area contributed by atoms with E-state index in [2.05, 4.69) is 31.0 Å². The van der Waals surface area contributed by atoms with Crippen LogP contribution in [-0.4, -0.2) is 11.1 Å². The quantitative estimate of drug-likeness (QED) is 0.280. The third-order valence-corrected chi connectivity index (χ3v) is 0.979. The Morgan fingerprint density at radius 2 is 1.86 bits per heavy atom. The Hall–Kier alpha value is 0.950. The van der Waals surface area contributed by atoms with Crippen LogP contribution in [0.1, 0.15) is 6.42 Å². The Morgan fingerprint density at radius 1 is 1.43 bits per heavy atom. The van der Waals surface area contributed by atoms with Crippen LogP contribution in [0.15, 0.2) is 0 Å². The monoisotopic (exact) mass is 159 g/mol. The highest BCUT2D eigenvalue weighted by Crippen LogP contribution is 2.01. The topological polar surface area (TPSA) is 27.6 Å². The fourth-order valence-corrected chi connectivity index (χ4v) is 0.548. The number of thiol groups is 2. The summed E-state index contributed by atoms with van der Waals surface area (Å²) in [6.07, 6.45) is 0.992. The Bertz CT molecular complexity index is 34.1. The Kier molecular flexibility index (Phi) is 10.8. The maximum Gasteiger partial charge on any atom is 0.0758 e. The van der Waals surface area contributed by atoms with Crippen molar-refractivity contribution in [2.24, 2.45) is 0 Å². The minimum absolute atomic E-state index is 0. The van der Waals surface area contributed by atoms with Gasteiger partial charge in [0.05, 0.1) is 6.54 Å². The molecule has 0 fully saturated rings. The summed E-state index contributed by atoms with van der Waals surface area (Å²) in [7, 11) is 0. The molecule has 0 aromatic carbocycles. The van der Waals surface area contributed by atoms with Crippen molar-refractivity contribution < 1.29 is 18.1 Å². The Balaban J connectivity index is 0. The van der Waals surface area contributed by atoms with Gasteiger partial charge in [-0.1, -0.05) is 0 Å². The summed E-state index contributed by atoms with van der Waals surface area (Å²) in [6.45, 7) is 0.928. The van der Waals surface area contributed by atoms with Crippen molar-refractivity contribution in [3.8, 4) is 0 Å². The number of halogens is 1. The number of hydrogen-bond donors (Lipinski definition) is 3. The van der Waals surface area contributed by atoms with E-state index in [-0.39, 0.29) is 17.0 Å². The number of rotatable bonds is 2. The molecule has 0 heterocycles. The van der Waals surface area contributed by atoms with E-state index >= 15 is 0 Å². The summed E-state index contributed by atoms with van der Waals surface area (Å²) in [5.74, 6) is 0. The largest absolute Gasteiger partial charge is 1.00 e. The second-order valence-electron chi connectivity index (χ2n) is 1.12. The third-order valence-electron chi connectivity index (χ3n) is 0.462. The van der Waals surface area contributed by atoms with Crippen molar-refractivity contribution in [1.29, 1.82) is 0 Å². The average Bonchev–Trinajstić information content (AvgIpc) is 1.35. The van der Waals surface area contributed by atoms with Gasteiger partial charge < -0.3 is 18.1 Å². The van der Waals surface area contributed by atoms with Gasteiger partial charge in [0.25, 0.3) is 0 Å². The molecule has 46 valence electrons. The first-order valence-electron chi connectivity index (χ1n) is 1.92. The van der Waals surface area contributed by atoms with Crippen molar-refractivity contribution in [3.05, 3.63) is 0 Å². The van der Waals surface area contributed by atoms with E-state index in [0.29, 0.717) is 0 Å². The van der Waals surface area contributed by atoms with E-state index < -0.39 is 0 Å². The lowest BCUT2D eigenvalue weighted by Gasteiger charge is -1.92. The zero-order valence-electron chi connectivity index (χ0n) is 3.97. The van der Waals surface area contributed by atoms with Crippen LogP contribution in [0.25, 0.3) is 0 Å². The smallest absolute Gasteiger partial charge is 0.0758 e. The Morgan fingerprint density at radius 3 is 1.86 bits per heavy atom. The van der Waals surface area contributed by atoms with E-state index in [0.717, 1.165) is 13.0 Å². The van der Waals surface area contributed by atoms with Gasteiger partial charge in [-0.05, 0) is 0 Å². The highest BCUT2D eigenvalue weighted by atomic mass is 35.5. The summed E-state index contributed by atoms with van der Waals surface area (Å²) in [5.41, 5.74) is 3.63. The molecule has 0 aromatic rings. The molecule has 0 radical (unpaired) electrons. The molecule has 0 atom stereocenters. The molecule has 0 aliphatic rings. The predicted octanol–water partition coefficient (Wildman–Crippen LogP) is -3.19. The van der Waals surface area contributed by atoms with Gasteiger partial charge in [-0.15, -0.1) is 0 Å². The molecule has 0 unspecified atom stereocenters. The molecule has 4 heteroatoms. The highest BCUT2D eigenvalue weighted by Gasteiger charge is 1.90. The van der Waals surface area contributed by atoms with Crippen molar-refractivity contribution in [2.45, 2.75) is 11.0 Å². The van der Waals surface area contributed by atoms with Gasteiger partial charge in [0, 0.05) is 11.0 Å². The predicted molar refractivity (Wildman–Crippen MR) is 34.1 cm³/mol. The first-order chi connectivity index (χ1) is 2.77. The second-order valence-corrected chi connectivity index (χ2v) is 2.78. The highest BCUT2D eigenvalue weighted by molar-refractivity contribution is 7.99. The summed E-state index contributed by atoms with van der Waals surface area (Å²) < 4.78 is 0.225. The fraction of sp³-hybridized carbons (Fsp3) is 1.00. The average molecular weight is 160 g/mol. The first-order valence-corrected chi connectivity index (χ1v) is 2.96. The van der Waals surface area contributed by atoms with Gasteiger partial charge in [-0.25, -0.2) is 0 Å². The van der Waals surface area contributed by atoms with Gasteiger partial charge in [0.15, 0.2) is 0 Å². The molecule has 0 spiro atoms. The summed E-state index contributed by atoms with van der Waals surface area (Å²) in [6, 6.07) is 0. The van der Waals surface area contributed by atoms with Crippen LogP contribution in [0.4, 0.5) is 0 Å². The molecule has 1 nitrogen and oxygen atoms in total. The lowest BCUT2D eigenvalue weighted by Crippen LogP contribution is -3.00. The molecule has 0 aliphatic carbocycles. The molecule has 0 saturated carbocycles. The molecular weight excluding hydrogens is 150 g/mol. The van der Waals surface area contributed by atoms with E-state index in [1.54, 1.807) is 0 Å². The normalized spacial score (nSPS) is 8.57. The maximum atomic E-state index is 4.00. The van der Waals surface area contributed by atoms with Crippen LogP contribution in [0.2, 0.25) is 0 Å². The molecule has 3 N–H and O–H groups in total. The molecule has 0 aliphatic heterocycles. The third kappa shape index (κ3) is 10.9. The SMILES string of the molecule is [Cl-].[NH3+]CCC(S)S. The van der Waals surface area contributed by atoms with Gasteiger partial charge in [-0.2, -0.15) is 25.3 Å². The van der Waals surface area contributed by atoms with Crippen LogP contribution in [-0.2, 0) is 0 Å². The van der Waals surface area contributed by atoms with Crippen LogP contribution < -0.4 is 18.1 Å². The van der Waals surface area contributed by atoms with Gasteiger partial charge in [-0.3, -0.25) is 0 Å². The molecule has 7 heavy (non-hydrogen) atoms. The standard InChI is InChI=1S/C3H9NS2.ClH/c4-2-1-3(5)6;/h3,5-6H,1-2,4H2;1H. The number of quaternary nitrogens is 1. The van der Waals surface area contributed by atoms with Crippen LogP contribution >= 0.6 is 25.3 Å². The Labute approximate surface area is 61.3 Å². The molecule has 0 amide bonds. The first kappa shape index (κ1) is 10.8. The molecule has 0 aromatic heterocycles. The zero-order chi connectivity index (χ0) is 4.99. The fourth-order valence-electron chi connectivity index (χ4n) is 0.183. The van der Waals surface area contributed by atoms with Crippen molar-refractivity contribution in [3.63, 3.8) is 0 Å². The van der Waals surface area contributed by atoms with Crippen molar-refractivity contribution >= 4 is 25.3 Å². The minimum atomic E-state index is 0. The molecule has 0 bridgehead atoms. The zero-order valence-corrected chi connectivity index (χ0v) is 6.52. The lowest BCUT2D eigenvalue weighted by atomic mass is 10.5. The van der Waals surface area contributed by atoms with Crippen LogP contribution in [0.3, 0.4) is 0 Å². The number of hydrogen-bond acceptors (Lipinski definition) is 2. The second kappa shape index (κ2) is 6.95. The van der Waals surface area contributed by atoms with E-state index in [9.17, 15) is 0 Å². The van der Waals surface area contributed by atoms with Crippen LogP contribution in [0.5, 0.6) is 0 Å². The van der Waals surface area contributed by atoms with E-state index in [1.165, 1.54) is 0 Å².